The summed E-state index contributed by atoms with van der Waals surface area (Å²) in [6.07, 6.45) is 1.33. The van der Waals surface area contributed by atoms with Gasteiger partial charge in [0.25, 0.3) is 0 Å². The van der Waals surface area contributed by atoms with Crippen molar-refractivity contribution < 1.29 is 17.9 Å². The van der Waals surface area contributed by atoms with Gasteiger partial charge in [0.05, 0.1) is 11.5 Å². The maximum Gasteiger partial charge on any atom is 0.243 e. The molecule has 24 heavy (non-hydrogen) atoms. The zero-order valence-electron chi connectivity index (χ0n) is 14.6. The topological polar surface area (TPSA) is 66.9 Å². The fourth-order valence-corrected chi connectivity index (χ4v) is 4.31. The highest BCUT2D eigenvalue weighted by molar-refractivity contribution is 7.89. The van der Waals surface area contributed by atoms with Crippen LogP contribution in [-0.4, -0.2) is 56.3 Å². The molecule has 0 atom stereocenters. The molecule has 0 saturated carbocycles. The smallest absolute Gasteiger partial charge is 0.243 e. The lowest BCUT2D eigenvalue weighted by atomic mass is 10.2. The highest BCUT2D eigenvalue weighted by Gasteiger charge is 2.30. The second-order valence-corrected chi connectivity index (χ2v) is 7.83. The second kappa shape index (κ2) is 7.98. The van der Waals surface area contributed by atoms with Gasteiger partial charge in [0.2, 0.25) is 15.9 Å². The number of hydrogen-bond donors (Lipinski definition) is 0. The van der Waals surface area contributed by atoms with Crippen molar-refractivity contribution in [1.82, 2.24) is 9.21 Å². The molecule has 2 rings (SSSR count). The number of ether oxygens (including phenoxy) is 1. The Morgan fingerprint density at radius 3 is 2.38 bits per heavy atom. The molecular formula is C17H26N2O4S. The fraction of sp³-hybridized carbons (Fsp3) is 0.588. The van der Waals surface area contributed by atoms with Crippen molar-refractivity contribution in [2.45, 2.75) is 38.5 Å². The van der Waals surface area contributed by atoms with Gasteiger partial charge in [-0.2, -0.15) is 4.31 Å². The van der Waals surface area contributed by atoms with Crippen molar-refractivity contribution in [2.75, 3.05) is 32.8 Å². The summed E-state index contributed by atoms with van der Waals surface area (Å²) < 4.78 is 32.5. The summed E-state index contributed by atoms with van der Waals surface area (Å²) in [4.78, 5) is 13.9. The van der Waals surface area contributed by atoms with Crippen LogP contribution < -0.4 is 4.74 Å². The van der Waals surface area contributed by atoms with Crippen molar-refractivity contribution in [2.24, 2.45) is 0 Å². The first-order valence-corrected chi connectivity index (χ1v) is 9.85. The number of rotatable bonds is 6. The lowest BCUT2D eigenvalue weighted by Gasteiger charge is -2.34. The minimum Gasteiger partial charge on any atom is -0.494 e. The van der Waals surface area contributed by atoms with Crippen LogP contribution in [0.3, 0.4) is 0 Å². The third kappa shape index (κ3) is 4.08. The number of nitrogens with zero attached hydrogens (tertiary/aromatic N) is 2. The van der Waals surface area contributed by atoms with E-state index in [4.69, 9.17) is 4.74 Å². The maximum absolute atomic E-state index is 12.8. The Kier molecular flexibility index (Phi) is 6.23. The fourth-order valence-electron chi connectivity index (χ4n) is 2.80. The van der Waals surface area contributed by atoms with Gasteiger partial charge in [-0.25, -0.2) is 8.42 Å². The van der Waals surface area contributed by atoms with Gasteiger partial charge < -0.3 is 9.64 Å². The van der Waals surface area contributed by atoms with Crippen LogP contribution in [0.15, 0.2) is 23.1 Å². The number of aryl methyl sites for hydroxylation is 1. The van der Waals surface area contributed by atoms with Crippen molar-refractivity contribution in [3.63, 3.8) is 0 Å². The van der Waals surface area contributed by atoms with Crippen LogP contribution in [0.25, 0.3) is 0 Å². The number of piperazine rings is 1. The lowest BCUT2D eigenvalue weighted by molar-refractivity contribution is -0.132. The van der Waals surface area contributed by atoms with Crippen LogP contribution >= 0.6 is 0 Å². The number of sulfonamides is 1. The summed E-state index contributed by atoms with van der Waals surface area (Å²) >= 11 is 0. The molecule has 0 bridgehead atoms. The van der Waals surface area contributed by atoms with Crippen LogP contribution in [0.1, 0.15) is 32.3 Å². The largest absolute Gasteiger partial charge is 0.494 e. The molecule has 1 heterocycles. The van der Waals surface area contributed by atoms with E-state index in [9.17, 15) is 13.2 Å². The average molecular weight is 354 g/mol. The van der Waals surface area contributed by atoms with Gasteiger partial charge in [-0.15, -0.1) is 0 Å². The first-order chi connectivity index (χ1) is 11.4. The summed E-state index contributed by atoms with van der Waals surface area (Å²) in [5, 5.41) is 0. The summed E-state index contributed by atoms with van der Waals surface area (Å²) in [5.41, 5.74) is 0.801. The van der Waals surface area contributed by atoms with Crippen LogP contribution in [0.4, 0.5) is 0 Å². The highest BCUT2D eigenvalue weighted by atomic mass is 32.2. The molecule has 0 spiro atoms. The quantitative estimate of drug-likeness (QED) is 0.784. The molecule has 1 aromatic rings. The van der Waals surface area contributed by atoms with Gasteiger partial charge in [0.15, 0.2) is 0 Å². The van der Waals surface area contributed by atoms with E-state index in [0.717, 1.165) is 12.0 Å². The van der Waals surface area contributed by atoms with E-state index in [0.29, 0.717) is 45.0 Å². The third-order valence-corrected chi connectivity index (χ3v) is 6.03. The third-order valence-electron chi connectivity index (χ3n) is 4.14. The van der Waals surface area contributed by atoms with E-state index in [1.54, 1.807) is 23.1 Å². The SMILES string of the molecule is CCCC(=O)N1CCN(S(=O)(=O)c2ccc(OCC)c(C)c2)CC1. The zero-order chi connectivity index (χ0) is 17.7. The summed E-state index contributed by atoms with van der Waals surface area (Å²) in [5.74, 6) is 0.804. The van der Waals surface area contributed by atoms with Crippen molar-refractivity contribution in [3.05, 3.63) is 23.8 Å². The Hall–Kier alpha value is -1.60. The molecule has 1 aromatic carbocycles. The van der Waals surface area contributed by atoms with E-state index in [-0.39, 0.29) is 10.8 Å². The van der Waals surface area contributed by atoms with Crippen molar-refractivity contribution in [3.8, 4) is 5.75 Å². The maximum atomic E-state index is 12.8. The molecule has 1 saturated heterocycles. The Balaban J connectivity index is 2.09. The minimum absolute atomic E-state index is 0.103. The molecule has 0 N–H and O–H groups in total. The first kappa shape index (κ1) is 18.7. The molecule has 1 amide bonds. The zero-order valence-corrected chi connectivity index (χ0v) is 15.4. The Morgan fingerprint density at radius 1 is 1.17 bits per heavy atom. The average Bonchev–Trinajstić information content (AvgIpc) is 2.57. The highest BCUT2D eigenvalue weighted by Crippen LogP contribution is 2.24. The van der Waals surface area contributed by atoms with Gasteiger partial charge in [0.1, 0.15) is 5.75 Å². The van der Waals surface area contributed by atoms with Gasteiger partial charge in [-0.1, -0.05) is 6.92 Å². The number of hydrogen-bond acceptors (Lipinski definition) is 4. The van der Waals surface area contributed by atoms with Gasteiger partial charge in [0, 0.05) is 32.6 Å². The molecule has 7 heteroatoms. The molecule has 0 aromatic heterocycles. The second-order valence-electron chi connectivity index (χ2n) is 5.90. The van der Waals surface area contributed by atoms with E-state index in [1.165, 1.54) is 4.31 Å². The molecule has 0 radical (unpaired) electrons. The van der Waals surface area contributed by atoms with Crippen LogP contribution in [0, 0.1) is 6.92 Å². The monoisotopic (exact) mass is 354 g/mol. The number of benzene rings is 1. The normalized spacial score (nSPS) is 16.2. The lowest BCUT2D eigenvalue weighted by Crippen LogP contribution is -2.50. The number of amides is 1. The van der Waals surface area contributed by atoms with Gasteiger partial charge >= 0.3 is 0 Å². The summed E-state index contributed by atoms with van der Waals surface area (Å²) in [7, 11) is -3.54. The predicted molar refractivity (Wildman–Crippen MR) is 92.6 cm³/mol. The molecule has 1 fully saturated rings. The van der Waals surface area contributed by atoms with Crippen LogP contribution in [0.2, 0.25) is 0 Å². The molecule has 134 valence electrons. The molecule has 6 nitrogen and oxygen atoms in total. The minimum atomic E-state index is -3.54. The van der Waals surface area contributed by atoms with Gasteiger partial charge in [-0.05, 0) is 44.0 Å². The summed E-state index contributed by atoms with van der Waals surface area (Å²) in [6.45, 7) is 7.82. The summed E-state index contributed by atoms with van der Waals surface area (Å²) in [6, 6.07) is 4.93. The molecule has 1 aliphatic rings. The van der Waals surface area contributed by atoms with Crippen molar-refractivity contribution >= 4 is 15.9 Å². The van der Waals surface area contributed by atoms with Crippen molar-refractivity contribution in [1.29, 1.82) is 0 Å². The van der Waals surface area contributed by atoms with E-state index < -0.39 is 10.0 Å². The standard InChI is InChI=1S/C17H26N2O4S/c1-4-6-17(20)18-9-11-19(12-10-18)24(21,22)15-7-8-16(23-5-2)14(3)13-15/h7-8,13H,4-6,9-12H2,1-3H3. The Morgan fingerprint density at radius 2 is 1.83 bits per heavy atom. The first-order valence-electron chi connectivity index (χ1n) is 8.41. The molecule has 0 unspecified atom stereocenters. The van der Waals surface area contributed by atoms with E-state index in [2.05, 4.69) is 0 Å². The Labute approximate surface area is 144 Å². The molecule has 0 aliphatic carbocycles. The van der Waals surface area contributed by atoms with E-state index in [1.807, 2.05) is 20.8 Å². The molecule has 1 aliphatic heterocycles. The van der Waals surface area contributed by atoms with Crippen LogP contribution in [0.5, 0.6) is 5.75 Å². The van der Waals surface area contributed by atoms with E-state index >= 15 is 0 Å². The van der Waals surface area contributed by atoms with Gasteiger partial charge in [-0.3, -0.25) is 4.79 Å². The number of carbonyl (C=O) groups is 1. The Bertz CT molecular complexity index is 680. The predicted octanol–water partition coefficient (Wildman–Crippen LogP) is 2.03. The molecular weight excluding hydrogens is 328 g/mol. The van der Waals surface area contributed by atoms with Crippen LogP contribution in [-0.2, 0) is 14.8 Å². The number of carbonyl (C=O) groups excluding carboxylic acids is 1.